The molecule has 0 unspecified atom stereocenters. The average Bonchev–Trinajstić information content (AvgIpc) is 3.24. The fourth-order valence-corrected chi connectivity index (χ4v) is 3.84. The number of carbonyl (C=O) groups excluding carboxylic acids is 1. The van der Waals surface area contributed by atoms with Gasteiger partial charge in [0.2, 0.25) is 0 Å². The Hall–Kier alpha value is -1.59. The van der Waals surface area contributed by atoms with Crippen molar-refractivity contribution in [3.63, 3.8) is 0 Å². The Morgan fingerprint density at radius 1 is 1.26 bits per heavy atom. The van der Waals surface area contributed by atoms with E-state index in [-0.39, 0.29) is 6.03 Å². The summed E-state index contributed by atoms with van der Waals surface area (Å²) in [5.41, 5.74) is 0. The second-order valence-electron chi connectivity index (χ2n) is 7.29. The molecule has 2 aliphatic rings. The number of amides is 2. The summed E-state index contributed by atoms with van der Waals surface area (Å²) in [6, 6.07) is 0.494. The lowest BCUT2D eigenvalue weighted by molar-refractivity contribution is 0.178. The van der Waals surface area contributed by atoms with E-state index < -0.39 is 0 Å². The van der Waals surface area contributed by atoms with Crippen LogP contribution < -0.4 is 5.32 Å². The van der Waals surface area contributed by atoms with Gasteiger partial charge in [0.15, 0.2) is 0 Å². The van der Waals surface area contributed by atoms with Gasteiger partial charge >= 0.3 is 6.03 Å². The van der Waals surface area contributed by atoms with Gasteiger partial charge in [-0.05, 0) is 45.4 Å². The molecule has 0 spiro atoms. The van der Waals surface area contributed by atoms with Gasteiger partial charge in [-0.25, -0.2) is 4.79 Å². The monoisotopic (exact) mass is 319 g/mol. The van der Waals surface area contributed by atoms with Crippen LogP contribution in [0, 0.1) is 5.92 Å². The van der Waals surface area contributed by atoms with Crippen LogP contribution >= 0.6 is 0 Å². The fraction of sp³-hybridized carbons (Fsp3) is 0.824. The maximum absolute atomic E-state index is 12.3. The normalized spacial score (nSPS) is 20.4. The van der Waals surface area contributed by atoms with E-state index in [1.807, 2.05) is 11.2 Å². The molecule has 23 heavy (non-hydrogen) atoms. The summed E-state index contributed by atoms with van der Waals surface area (Å²) in [7, 11) is 0. The number of likely N-dealkylation sites (tertiary alicyclic amines) is 1. The van der Waals surface area contributed by atoms with Crippen molar-refractivity contribution in [3.8, 4) is 0 Å². The Labute approximate surface area is 138 Å². The van der Waals surface area contributed by atoms with Crippen molar-refractivity contribution in [2.24, 2.45) is 5.92 Å². The molecule has 3 rings (SSSR count). The number of nitrogens with one attached hydrogen (secondary N) is 1. The third-order valence-corrected chi connectivity index (χ3v) is 5.32. The smallest absolute Gasteiger partial charge is 0.317 e. The molecule has 1 saturated heterocycles. The number of hydrogen-bond acceptors (Lipinski definition) is 3. The van der Waals surface area contributed by atoms with E-state index in [1.165, 1.54) is 25.7 Å². The predicted octanol–water partition coefficient (Wildman–Crippen LogP) is 2.94. The molecule has 0 atom stereocenters. The van der Waals surface area contributed by atoms with Gasteiger partial charge in [0.1, 0.15) is 12.2 Å². The van der Waals surface area contributed by atoms with Crippen LogP contribution in [-0.2, 0) is 0 Å². The van der Waals surface area contributed by atoms with Crippen molar-refractivity contribution >= 4 is 6.03 Å². The first-order valence-corrected chi connectivity index (χ1v) is 9.07. The Morgan fingerprint density at radius 2 is 1.96 bits per heavy atom. The highest BCUT2D eigenvalue weighted by Crippen LogP contribution is 2.28. The molecule has 1 aliphatic heterocycles. The maximum Gasteiger partial charge on any atom is 0.317 e. The minimum atomic E-state index is 0.112. The third kappa shape index (κ3) is 3.85. The molecule has 0 bridgehead atoms. The molecule has 2 amide bonds. The largest absolute Gasteiger partial charge is 0.338 e. The zero-order chi connectivity index (χ0) is 16.2. The molecular weight excluding hydrogens is 290 g/mol. The molecule has 6 nitrogen and oxygen atoms in total. The standard InChI is InChI=1S/C17H29N5O/c1-13(2)22-12-19-20-16(22)15-7-9-21(10-8-15)17(23)18-11-14-5-3-4-6-14/h12-15H,3-11H2,1-2H3,(H,18,23). The lowest BCUT2D eigenvalue weighted by Gasteiger charge is -2.32. The summed E-state index contributed by atoms with van der Waals surface area (Å²) in [5.74, 6) is 2.19. The Kier molecular flexibility index (Phi) is 5.18. The minimum absolute atomic E-state index is 0.112. The van der Waals surface area contributed by atoms with Crippen LogP contribution in [-0.4, -0.2) is 45.3 Å². The highest BCUT2D eigenvalue weighted by molar-refractivity contribution is 5.74. The van der Waals surface area contributed by atoms with Crippen LogP contribution in [0.5, 0.6) is 0 Å². The minimum Gasteiger partial charge on any atom is -0.338 e. The van der Waals surface area contributed by atoms with Crippen molar-refractivity contribution in [1.29, 1.82) is 0 Å². The van der Waals surface area contributed by atoms with Gasteiger partial charge in [-0.3, -0.25) is 0 Å². The topological polar surface area (TPSA) is 63.1 Å². The Morgan fingerprint density at radius 3 is 2.61 bits per heavy atom. The van der Waals surface area contributed by atoms with Gasteiger partial charge < -0.3 is 14.8 Å². The molecule has 1 aromatic heterocycles. The number of urea groups is 1. The summed E-state index contributed by atoms with van der Waals surface area (Å²) in [6.45, 7) is 6.77. The molecule has 1 N–H and O–H groups in total. The first-order valence-electron chi connectivity index (χ1n) is 9.07. The number of rotatable bonds is 4. The van der Waals surface area contributed by atoms with E-state index in [0.717, 1.165) is 38.3 Å². The van der Waals surface area contributed by atoms with Gasteiger partial charge in [-0.2, -0.15) is 0 Å². The van der Waals surface area contributed by atoms with Gasteiger partial charge in [-0.1, -0.05) is 12.8 Å². The van der Waals surface area contributed by atoms with E-state index in [1.54, 1.807) is 0 Å². The molecule has 2 heterocycles. The molecular formula is C17H29N5O. The van der Waals surface area contributed by atoms with E-state index in [2.05, 4.69) is 33.9 Å². The quantitative estimate of drug-likeness (QED) is 0.928. The SMILES string of the molecule is CC(C)n1cnnc1C1CCN(C(=O)NCC2CCCC2)CC1. The molecule has 1 saturated carbocycles. The first-order chi connectivity index (χ1) is 11.1. The number of piperidine rings is 1. The summed E-state index contributed by atoms with van der Waals surface area (Å²) >= 11 is 0. The Bertz CT molecular complexity index is 513. The van der Waals surface area contributed by atoms with E-state index >= 15 is 0 Å². The van der Waals surface area contributed by atoms with Crippen molar-refractivity contribution in [3.05, 3.63) is 12.2 Å². The summed E-state index contributed by atoms with van der Waals surface area (Å²) in [5, 5.41) is 11.5. The molecule has 0 radical (unpaired) electrons. The zero-order valence-corrected chi connectivity index (χ0v) is 14.4. The van der Waals surface area contributed by atoms with Crippen LogP contribution in [0.3, 0.4) is 0 Å². The van der Waals surface area contributed by atoms with Gasteiger partial charge in [0.25, 0.3) is 0 Å². The molecule has 2 fully saturated rings. The molecule has 1 aliphatic carbocycles. The zero-order valence-electron chi connectivity index (χ0n) is 14.4. The predicted molar refractivity (Wildman–Crippen MR) is 89.3 cm³/mol. The first kappa shape index (κ1) is 16.3. The molecule has 1 aromatic rings. The fourth-order valence-electron chi connectivity index (χ4n) is 3.84. The highest BCUT2D eigenvalue weighted by Gasteiger charge is 2.27. The van der Waals surface area contributed by atoms with Crippen LogP contribution in [0.4, 0.5) is 4.79 Å². The molecule has 6 heteroatoms. The van der Waals surface area contributed by atoms with Crippen molar-refractivity contribution in [2.75, 3.05) is 19.6 Å². The number of aromatic nitrogens is 3. The lowest BCUT2D eigenvalue weighted by atomic mass is 9.96. The van der Waals surface area contributed by atoms with Crippen molar-refractivity contribution < 1.29 is 4.79 Å². The van der Waals surface area contributed by atoms with E-state index in [0.29, 0.717) is 17.9 Å². The molecule has 128 valence electrons. The third-order valence-electron chi connectivity index (χ3n) is 5.32. The van der Waals surface area contributed by atoms with Gasteiger partial charge in [0, 0.05) is 31.6 Å². The van der Waals surface area contributed by atoms with E-state index in [9.17, 15) is 4.79 Å². The van der Waals surface area contributed by atoms with Crippen LogP contribution in [0.2, 0.25) is 0 Å². The van der Waals surface area contributed by atoms with Crippen LogP contribution in [0.25, 0.3) is 0 Å². The lowest BCUT2D eigenvalue weighted by Crippen LogP contribution is -2.45. The van der Waals surface area contributed by atoms with Crippen molar-refractivity contribution in [1.82, 2.24) is 25.0 Å². The maximum atomic E-state index is 12.3. The Balaban J connectivity index is 1.47. The number of carbonyl (C=O) groups is 1. The molecule has 0 aromatic carbocycles. The van der Waals surface area contributed by atoms with E-state index in [4.69, 9.17) is 0 Å². The number of nitrogens with zero attached hydrogens (tertiary/aromatic N) is 4. The second kappa shape index (κ2) is 7.32. The summed E-state index contributed by atoms with van der Waals surface area (Å²) in [4.78, 5) is 14.3. The highest BCUT2D eigenvalue weighted by atomic mass is 16.2. The van der Waals surface area contributed by atoms with Crippen LogP contribution in [0.1, 0.15) is 70.2 Å². The van der Waals surface area contributed by atoms with Crippen molar-refractivity contribution in [2.45, 2.75) is 64.3 Å². The number of hydrogen-bond donors (Lipinski definition) is 1. The van der Waals surface area contributed by atoms with Gasteiger partial charge in [0.05, 0.1) is 0 Å². The van der Waals surface area contributed by atoms with Gasteiger partial charge in [-0.15, -0.1) is 10.2 Å². The second-order valence-corrected chi connectivity index (χ2v) is 7.29. The summed E-state index contributed by atoms with van der Waals surface area (Å²) < 4.78 is 2.15. The van der Waals surface area contributed by atoms with Crippen LogP contribution in [0.15, 0.2) is 6.33 Å². The summed E-state index contributed by atoms with van der Waals surface area (Å²) in [6.07, 6.45) is 8.95. The average molecular weight is 319 g/mol.